The lowest BCUT2D eigenvalue weighted by Gasteiger charge is -2.21. The van der Waals surface area contributed by atoms with Crippen LogP contribution in [0.3, 0.4) is 0 Å². The van der Waals surface area contributed by atoms with Crippen LogP contribution in [0, 0.1) is 0 Å². The summed E-state index contributed by atoms with van der Waals surface area (Å²) in [5, 5.41) is 5.03. The molecule has 0 aliphatic heterocycles. The van der Waals surface area contributed by atoms with Crippen molar-refractivity contribution in [2.24, 2.45) is 5.73 Å². The maximum absolute atomic E-state index is 11.8. The van der Waals surface area contributed by atoms with E-state index in [4.69, 9.17) is 20.9 Å². The zero-order valence-corrected chi connectivity index (χ0v) is 14.5. The van der Waals surface area contributed by atoms with Crippen LogP contribution >= 0.6 is 0 Å². The molecule has 8 nitrogen and oxygen atoms in total. The van der Waals surface area contributed by atoms with Crippen LogP contribution in [0.25, 0.3) is 0 Å². The van der Waals surface area contributed by atoms with Gasteiger partial charge in [-0.2, -0.15) is 0 Å². The van der Waals surface area contributed by atoms with Crippen molar-refractivity contribution in [1.82, 2.24) is 10.6 Å². The molecule has 0 saturated heterocycles. The van der Waals surface area contributed by atoms with Gasteiger partial charge in [-0.3, -0.25) is 0 Å². The Morgan fingerprint density at radius 1 is 1.17 bits per heavy atom. The minimum Gasteiger partial charge on any atom is -0.445 e. The number of rotatable bonds is 5. The summed E-state index contributed by atoms with van der Waals surface area (Å²) in [4.78, 5) is 23.3. The summed E-state index contributed by atoms with van der Waals surface area (Å²) in [6.07, 6.45) is -2.52. The maximum Gasteiger partial charge on any atom is 0.408 e. The van der Waals surface area contributed by atoms with E-state index in [1.807, 2.05) is 0 Å². The molecule has 0 saturated carbocycles. The quantitative estimate of drug-likeness (QED) is 0.479. The SMILES string of the molecule is CC(CNC(=O)OC(C)(C)C)OC(=O)NC(N)c1ccc(N)cc1. The molecule has 2 atom stereocenters. The Kier molecular flexibility index (Phi) is 6.84. The van der Waals surface area contributed by atoms with E-state index in [1.165, 1.54) is 0 Å². The molecule has 0 spiro atoms. The summed E-state index contributed by atoms with van der Waals surface area (Å²) in [5.41, 5.74) is 12.2. The van der Waals surface area contributed by atoms with Gasteiger partial charge in [0.1, 0.15) is 17.9 Å². The minimum atomic E-state index is -0.718. The van der Waals surface area contributed by atoms with Crippen molar-refractivity contribution in [2.75, 3.05) is 12.3 Å². The number of nitrogens with one attached hydrogen (secondary N) is 2. The van der Waals surface area contributed by atoms with E-state index in [0.29, 0.717) is 11.3 Å². The fourth-order valence-corrected chi connectivity index (χ4v) is 1.71. The molecular weight excluding hydrogens is 312 g/mol. The molecule has 0 bridgehead atoms. The molecule has 1 aromatic rings. The number of ether oxygens (including phenoxy) is 2. The van der Waals surface area contributed by atoms with Gasteiger partial charge < -0.3 is 31.6 Å². The van der Waals surface area contributed by atoms with Crippen molar-refractivity contribution in [3.05, 3.63) is 29.8 Å². The highest BCUT2D eigenvalue weighted by molar-refractivity contribution is 5.69. The Morgan fingerprint density at radius 2 is 1.75 bits per heavy atom. The fraction of sp³-hybridized carbons (Fsp3) is 0.500. The second-order valence-electron chi connectivity index (χ2n) is 6.39. The Hall–Kier alpha value is -2.48. The van der Waals surface area contributed by atoms with Gasteiger partial charge in [0.05, 0.1) is 6.54 Å². The van der Waals surface area contributed by atoms with E-state index in [0.717, 1.165) is 0 Å². The summed E-state index contributed by atoms with van der Waals surface area (Å²) < 4.78 is 10.2. The number of nitrogens with two attached hydrogens (primary N) is 2. The van der Waals surface area contributed by atoms with Crippen LogP contribution in [0.15, 0.2) is 24.3 Å². The number of nitrogen functional groups attached to an aromatic ring is 1. The van der Waals surface area contributed by atoms with E-state index in [-0.39, 0.29) is 6.54 Å². The van der Waals surface area contributed by atoms with Crippen LogP contribution in [0.2, 0.25) is 0 Å². The monoisotopic (exact) mass is 338 g/mol. The highest BCUT2D eigenvalue weighted by atomic mass is 16.6. The molecule has 1 rings (SSSR count). The third-order valence-electron chi connectivity index (χ3n) is 2.81. The van der Waals surface area contributed by atoms with Crippen molar-refractivity contribution < 1.29 is 19.1 Å². The first-order chi connectivity index (χ1) is 11.1. The van der Waals surface area contributed by atoms with Gasteiger partial charge in [-0.05, 0) is 45.4 Å². The second-order valence-corrected chi connectivity index (χ2v) is 6.39. The molecule has 1 aromatic carbocycles. The van der Waals surface area contributed by atoms with Gasteiger partial charge in [-0.15, -0.1) is 0 Å². The van der Waals surface area contributed by atoms with Crippen LogP contribution in [0.4, 0.5) is 15.3 Å². The molecule has 0 aliphatic rings. The topological polar surface area (TPSA) is 129 Å². The van der Waals surface area contributed by atoms with E-state index in [9.17, 15) is 9.59 Å². The van der Waals surface area contributed by atoms with Gasteiger partial charge in [0, 0.05) is 5.69 Å². The Morgan fingerprint density at radius 3 is 2.29 bits per heavy atom. The van der Waals surface area contributed by atoms with Crippen LogP contribution in [-0.2, 0) is 9.47 Å². The summed E-state index contributed by atoms with van der Waals surface area (Å²) in [7, 11) is 0. The van der Waals surface area contributed by atoms with E-state index in [2.05, 4.69) is 10.6 Å². The Bertz CT molecular complexity index is 554. The molecule has 0 heterocycles. The molecule has 0 aliphatic carbocycles. The number of amides is 2. The normalized spacial score (nSPS) is 13.5. The van der Waals surface area contributed by atoms with Gasteiger partial charge in [-0.1, -0.05) is 12.1 Å². The van der Waals surface area contributed by atoms with Gasteiger partial charge in [0.15, 0.2) is 0 Å². The number of hydrogen-bond acceptors (Lipinski definition) is 6. The Balaban J connectivity index is 2.36. The zero-order valence-electron chi connectivity index (χ0n) is 14.5. The first-order valence-corrected chi connectivity index (χ1v) is 7.62. The molecule has 0 radical (unpaired) electrons. The second kappa shape index (κ2) is 8.39. The number of carbonyl (C=O) groups is 2. The summed E-state index contributed by atoms with van der Waals surface area (Å²) in [5.74, 6) is 0. The molecule has 8 heteroatoms. The molecule has 2 unspecified atom stereocenters. The molecule has 6 N–H and O–H groups in total. The predicted octanol–water partition coefficient (Wildman–Crippen LogP) is 1.87. The van der Waals surface area contributed by atoms with Crippen molar-refractivity contribution in [3.8, 4) is 0 Å². The summed E-state index contributed by atoms with van der Waals surface area (Å²) >= 11 is 0. The Labute approximate surface area is 141 Å². The number of carbonyl (C=O) groups excluding carboxylic acids is 2. The average molecular weight is 338 g/mol. The number of benzene rings is 1. The number of anilines is 1. The standard InChI is InChI=1S/C16H26N4O4/c1-10(9-19-14(21)24-16(2,3)4)23-15(22)20-13(18)11-5-7-12(17)8-6-11/h5-8,10,13H,9,17-18H2,1-4H3,(H,19,21)(H,20,22). The highest BCUT2D eigenvalue weighted by Crippen LogP contribution is 2.11. The lowest BCUT2D eigenvalue weighted by atomic mass is 10.1. The lowest BCUT2D eigenvalue weighted by molar-refractivity contribution is 0.0477. The number of hydrogen-bond donors (Lipinski definition) is 4. The van der Waals surface area contributed by atoms with E-state index in [1.54, 1.807) is 52.0 Å². The first-order valence-electron chi connectivity index (χ1n) is 7.62. The fourth-order valence-electron chi connectivity index (χ4n) is 1.71. The van der Waals surface area contributed by atoms with E-state index < -0.39 is 30.1 Å². The van der Waals surface area contributed by atoms with Crippen molar-refractivity contribution in [3.63, 3.8) is 0 Å². The van der Waals surface area contributed by atoms with E-state index >= 15 is 0 Å². The van der Waals surface area contributed by atoms with Crippen molar-refractivity contribution >= 4 is 17.9 Å². The molecular formula is C16H26N4O4. The van der Waals surface area contributed by atoms with Gasteiger partial charge in [0.2, 0.25) is 0 Å². The summed E-state index contributed by atoms with van der Waals surface area (Å²) in [6, 6.07) is 6.81. The molecule has 2 amide bonds. The van der Waals surface area contributed by atoms with Crippen LogP contribution in [-0.4, -0.2) is 30.4 Å². The summed E-state index contributed by atoms with van der Waals surface area (Å²) in [6.45, 7) is 7.06. The molecule has 0 aromatic heterocycles. The van der Waals surface area contributed by atoms with Crippen molar-refractivity contribution in [1.29, 1.82) is 0 Å². The third-order valence-corrected chi connectivity index (χ3v) is 2.81. The first kappa shape index (κ1) is 19.6. The van der Waals surface area contributed by atoms with Crippen LogP contribution < -0.4 is 22.1 Å². The molecule has 24 heavy (non-hydrogen) atoms. The smallest absolute Gasteiger partial charge is 0.408 e. The highest BCUT2D eigenvalue weighted by Gasteiger charge is 2.18. The largest absolute Gasteiger partial charge is 0.445 e. The molecule has 0 fully saturated rings. The van der Waals surface area contributed by atoms with Gasteiger partial charge >= 0.3 is 12.2 Å². The van der Waals surface area contributed by atoms with Gasteiger partial charge in [0.25, 0.3) is 0 Å². The zero-order chi connectivity index (χ0) is 18.3. The average Bonchev–Trinajstić information content (AvgIpc) is 2.43. The lowest BCUT2D eigenvalue weighted by Crippen LogP contribution is -2.40. The third kappa shape index (κ3) is 7.68. The minimum absolute atomic E-state index is 0.124. The van der Waals surface area contributed by atoms with Crippen molar-refractivity contribution in [2.45, 2.75) is 45.6 Å². The van der Waals surface area contributed by atoms with Crippen LogP contribution in [0.1, 0.15) is 39.4 Å². The maximum atomic E-state index is 11.8. The molecule has 134 valence electrons. The number of alkyl carbamates (subject to hydrolysis) is 2. The van der Waals surface area contributed by atoms with Crippen LogP contribution in [0.5, 0.6) is 0 Å². The van der Waals surface area contributed by atoms with Gasteiger partial charge in [-0.25, -0.2) is 9.59 Å². The predicted molar refractivity (Wildman–Crippen MR) is 91.1 cm³/mol.